The lowest BCUT2D eigenvalue weighted by Crippen LogP contribution is -1.96. The van der Waals surface area contributed by atoms with Gasteiger partial charge < -0.3 is 5.21 Å². The quantitative estimate of drug-likeness (QED) is 0.254. The molecular weight excluding hydrogens is 141 g/mol. The van der Waals surface area contributed by atoms with Crippen LogP contribution in [-0.4, -0.2) is 15.6 Å². The topological polar surface area (TPSA) is 49.7 Å². The fraction of sp³-hybridized carbons (Fsp3) is 0. The average molecular weight is 142 g/mol. The Balaban J connectivity index is 3.82. The van der Waals surface area contributed by atoms with Gasteiger partial charge in [-0.3, -0.25) is 4.79 Å². The van der Waals surface area contributed by atoms with E-state index in [1.165, 1.54) is 0 Å². The summed E-state index contributed by atoms with van der Waals surface area (Å²) in [6, 6.07) is 0. The van der Waals surface area contributed by atoms with Crippen LogP contribution in [0.25, 0.3) is 0 Å². The molecular formula is C2HCl2NO2. The summed E-state index contributed by atoms with van der Waals surface area (Å²) in [5, 5.41) is 8.35. The fourth-order valence-electron chi connectivity index (χ4n) is 0.0393. The van der Waals surface area contributed by atoms with E-state index in [2.05, 4.69) is 16.8 Å². The van der Waals surface area contributed by atoms with Gasteiger partial charge in [0, 0.05) is 0 Å². The molecule has 0 radical (unpaired) electrons. The molecule has 0 aliphatic carbocycles. The lowest BCUT2D eigenvalue weighted by atomic mass is 10.8. The van der Waals surface area contributed by atoms with Crippen molar-refractivity contribution in [2.45, 2.75) is 0 Å². The van der Waals surface area contributed by atoms with E-state index >= 15 is 0 Å². The van der Waals surface area contributed by atoms with Crippen LogP contribution in [0.2, 0.25) is 0 Å². The standard InChI is InChI=1S/C2HCl2NO2/c3-1(5-7)2(4)6/h7H. The summed E-state index contributed by atoms with van der Waals surface area (Å²) in [5.74, 6) is 0. The Morgan fingerprint density at radius 1 is 1.57 bits per heavy atom. The van der Waals surface area contributed by atoms with Crippen LogP contribution in [0.1, 0.15) is 0 Å². The summed E-state index contributed by atoms with van der Waals surface area (Å²) in [5.41, 5.74) is 0. The van der Waals surface area contributed by atoms with E-state index < -0.39 is 10.4 Å². The maximum Gasteiger partial charge on any atom is 0.285 e. The highest BCUT2D eigenvalue weighted by atomic mass is 35.5. The van der Waals surface area contributed by atoms with Crippen molar-refractivity contribution in [3.63, 3.8) is 0 Å². The van der Waals surface area contributed by atoms with Gasteiger partial charge in [0.25, 0.3) is 5.24 Å². The molecule has 7 heavy (non-hydrogen) atoms. The third kappa shape index (κ3) is 2.42. The Morgan fingerprint density at radius 2 is 2.00 bits per heavy atom. The molecule has 0 spiro atoms. The van der Waals surface area contributed by atoms with Crippen LogP contribution in [0.3, 0.4) is 0 Å². The second-order valence-corrected chi connectivity index (χ2v) is 1.37. The zero-order chi connectivity index (χ0) is 5.86. The van der Waals surface area contributed by atoms with Crippen LogP contribution in [-0.2, 0) is 4.79 Å². The molecule has 3 nitrogen and oxygen atoms in total. The maximum absolute atomic E-state index is 9.72. The molecule has 0 aromatic rings. The molecule has 0 aromatic carbocycles. The first-order valence-electron chi connectivity index (χ1n) is 1.26. The van der Waals surface area contributed by atoms with Crippen molar-refractivity contribution in [2.75, 3.05) is 0 Å². The minimum atomic E-state index is -0.968. The Bertz CT molecular complexity index is 110. The van der Waals surface area contributed by atoms with Gasteiger partial charge in [-0.2, -0.15) is 0 Å². The Kier molecular flexibility index (Phi) is 2.71. The molecule has 0 heterocycles. The third-order valence-electron chi connectivity index (χ3n) is 0.250. The van der Waals surface area contributed by atoms with Crippen LogP contribution in [0.15, 0.2) is 5.16 Å². The van der Waals surface area contributed by atoms with Crippen LogP contribution in [0, 0.1) is 0 Å². The molecule has 0 aliphatic rings. The number of rotatable bonds is 1. The van der Waals surface area contributed by atoms with Gasteiger partial charge in [-0.15, -0.1) is 0 Å². The van der Waals surface area contributed by atoms with Gasteiger partial charge in [0.1, 0.15) is 0 Å². The zero-order valence-corrected chi connectivity index (χ0v) is 4.57. The predicted octanol–water partition coefficient (Wildman–Crippen LogP) is 0.778. The number of nitrogens with zero attached hydrogens (tertiary/aromatic N) is 1. The van der Waals surface area contributed by atoms with Gasteiger partial charge in [-0.1, -0.05) is 16.8 Å². The number of carbonyl (C=O) groups is 1. The number of oxime groups is 1. The molecule has 0 saturated carbocycles. The smallest absolute Gasteiger partial charge is 0.285 e. The highest BCUT2D eigenvalue weighted by Crippen LogP contribution is 1.89. The number of carbonyl (C=O) groups excluding carboxylic acids is 1. The van der Waals surface area contributed by atoms with E-state index in [9.17, 15) is 4.79 Å². The Morgan fingerprint density at radius 3 is 2.00 bits per heavy atom. The first kappa shape index (κ1) is 6.72. The lowest BCUT2D eigenvalue weighted by molar-refractivity contribution is -0.106. The van der Waals surface area contributed by atoms with Crippen LogP contribution < -0.4 is 0 Å². The molecule has 0 unspecified atom stereocenters. The minimum absolute atomic E-state index is 0.623. The molecule has 5 heteroatoms. The maximum atomic E-state index is 9.72. The van der Waals surface area contributed by atoms with Crippen LogP contribution in [0.4, 0.5) is 0 Å². The molecule has 0 atom stereocenters. The predicted molar refractivity (Wildman–Crippen MR) is 25.9 cm³/mol. The lowest BCUT2D eigenvalue weighted by Gasteiger charge is -1.76. The minimum Gasteiger partial charge on any atom is -0.410 e. The first-order chi connectivity index (χ1) is 3.18. The monoisotopic (exact) mass is 141 g/mol. The Hall–Kier alpha value is -0.280. The van der Waals surface area contributed by atoms with Crippen LogP contribution in [0.5, 0.6) is 0 Å². The van der Waals surface area contributed by atoms with Crippen molar-refractivity contribution in [3.8, 4) is 0 Å². The molecule has 0 aliphatic heterocycles. The fourth-order valence-corrected chi connectivity index (χ4v) is 0.0771. The summed E-state index contributed by atoms with van der Waals surface area (Å²) in [6.45, 7) is 0. The van der Waals surface area contributed by atoms with E-state index in [1.807, 2.05) is 0 Å². The molecule has 0 saturated heterocycles. The van der Waals surface area contributed by atoms with Crippen molar-refractivity contribution < 1.29 is 10.0 Å². The van der Waals surface area contributed by atoms with Crippen molar-refractivity contribution in [1.29, 1.82) is 0 Å². The normalized spacial score (nSPS) is 11.4. The largest absolute Gasteiger partial charge is 0.410 e. The molecule has 0 bridgehead atoms. The zero-order valence-electron chi connectivity index (χ0n) is 3.06. The number of hydrogen-bond acceptors (Lipinski definition) is 3. The van der Waals surface area contributed by atoms with Crippen molar-refractivity contribution in [1.82, 2.24) is 0 Å². The second kappa shape index (κ2) is 2.82. The highest BCUT2D eigenvalue weighted by molar-refractivity contribution is 6.99. The summed E-state index contributed by atoms with van der Waals surface area (Å²) < 4.78 is 0. The molecule has 1 N–H and O–H groups in total. The van der Waals surface area contributed by atoms with E-state index in [1.54, 1.807) is 0 Å². The van der Waals surface area contributed by atoms with Gasteiger partial charge in [-0.05, 0) is 11.6 Å². The molecule has 0 fully saturated rings. The number of hydrogen-bond donors (Lipinski definition) is 1. The summed E-state index contributed by atoms with van der Waals surface area (Å²) in [4.78, 5) is 9.72. The molecule has 0 aromatic heterocycles. The SMILES string of the molecule is O=C(Cl)C(Cl)=NO. The van der Waals surface area contributed by atoms with E-state index in [0.29, 0.717) is 0 Å². The summed E-state index contributed by atoms with van der Waals surface area (Å²) in [6.07, 6.45) is 0. The summed E-state index contributed by atoms with van der Waals surface area (Å²) >= 11 is 9.49. The van der Waals surface area contributed by atoms with E-state index in [-0.39, 0.29) is 0 Å². The molecule has 0 amide bonds. The third-order valence-corrected chi connectivity index (χ3v) is 0.773. The van der Waals surface area contributed by atoms with Gasteiger partial charge >= 0.3 is 0 Å². The summed E-state index contributed by atoms with van der Waals surface area (Å²) in [7, 11) is 0. The van der Waals surface area contributed by atoms with Crippen molar-refractivity contribution in [3.05, 3.63) is 0 Å². The second-order valence-electron chi connectivity index (χ2n) is 0.665. The molecule has 40 valence electrons. The first-order valence-corrected chi connectivity index (χ1v) is 2.01. The van der Waals surface area contributed by atoms with Crippen molar-refractivity contribution in [2.24, 2.45) is 5.16 Å². The highest BCUT2D eigenvalue weighted by Gasteiger charge is 2.01. The van der Waals surface area contributed by atoms with Crippen molar-refractivity contribution >= 4 is 33.6 Å². The average Bonchev–Trinajstić information content (AvgIpc) is 1.65. The Labute approximate surface area is 49.5 Å². The number of halogens is 2. The molecule has 0 rings (SSSR count). The van der Waals surface area contributed by atoms with Gasteiger partial charge in [-0.25, -0.2) is 0 Å². The van der Waals surface area contributed by atoms with Gasteiger partial charge in [0.05, 0.1) is 0 Å². The van der Waals surface area contributed by atoms with E-state index in [4.69, 9.17) is 16.8 Å². The van der Waals surface area contributed by atoms with Crippen LogP contribution >= 0.6 is 23.2 Å². The van der Waals surface area contributed by atoms with Gasteiger partial charge in [0.2, 0.25) is 5.17 Å². The van der Waals surface area contributed by atoms with E-state index in [0.717, 1.165) is 0 Å². The van der Waals surface area contributed by atoms with Gasteiger partial charge in [0.15, 0.2) is 0 Å².